The summed E-state index contributed by atoms with van der Waals surface area (Å²) in [4.78, 5) is 11.8. The molecule has 0 spiro atoms. The summed E-state index contributed by atoms with van der Waals surface area (Å²) in [5, 5.41) is 3.14. The zero-order valence-electron chi connectivity index (χ0n) is 10.8. The van der Waals surface area contributed by atoms with Crippen molar-refractivity contribution in [3.63, 3.8) is 0 Å². The predicted molar refractivity (Wildman–Crippen MR) is 69.6 cm³/mol. The summed E-state index contributed by atoms with van der Waals surface area (Å²) in [5.41, 5.74) is 5.47. The summed E-state index contributed by atoms with van der Waals surface area (Å²) in [6, 6.07) is 6.13. The van der Waals surface area contributed by atoms with Gasteiger partial charge in [0.2, 0.25) is 5.91 Å². The Labute approximate surface area is 107 Å². The van der Waals surface area contributed by atoms with Gasteiger partial charge in [0.1, 0.15) is 11.4 Å². The number of nitrogens with one attached hydrogen (secondary N) is 1. The molecule has 2 rings (SSSR count). The average Bonchev–Trinajstić information content (AvgIpc) is 2.55. The van der Waals surface area contributed by atoms with Gasteiger partial charge in [-0.2, -0.15) is 0 Å². The van der Waals surface area contributed by atoms with E-state index in [1.807, 2.05) is 0 Å². The third-order valence-electron chi connectivity index (χ3n) is 3.69. The molecule has 1 aliphatic carbocycles. The molecule has 18 heavy (non-hydrogen) atoms. The summed E-state index contributed by atoms with van der Waals surface area (Å²) in [6.07, 6.45) is 2.29. The number of benzene rings is 1. The molecule has 4 heteroatoms. The maximum absolute atomic E-state index is 13.2. The molecule has 98 valence electrons. The fraction of sp³-hybridized carbons (Fsp3) is 0.500. The Kier molecular flexibility index (Phi) is 3.05. The highest BCUT2D eigenvalue weighted by Crippen LogP contribution is 2.45. The molecule has 0 heterocycles. The van der Waals surface area contributed by atoms with Crippen LogP contribution in [-0.2, 0) is 4.79 Å². The smallest absolute Gasteiger partial charge is 0.243 e. The zero-order chi connectivity index (χ0) is 13.4. The molecule has 0 saturated heterocycles. The van der Waals surface area contributed by atoms with Crippen molar-refractivity contribution in [1.82, 2.24) is 0 Å². The third kappa shape index (κ3) is 2.47. The molecule has 0 aliphatic heterocycles. The molecule has 3 N–H and O–H groups in total. The van der Waals surface area contributed by atoms with Gasteiger partial charge >= 0.3 is 0 Å². The molecule has 1 saturated carbocycles. The van der Waals surface area contributed by atoms with Gasteiger partial charge in [0.25, 0.3) is 0 Å². The lowest BCUT2D eigenvalue weighted by molar-refractivity contribution is -0.122. The first kappa shape index (κ1) is 12.9. The molecule has 3 nitrogen and oxygen atoms in total. The number of carbonyl (C=O) groups is 1. The molecular weight excluding hydrogens is 231 g/mol. The van der Waals surface area contributed by atoms with Crippen molar-refractivity contribution in [1.29, 1.82) is 0 Å². The van der Waals surface area contributed by atoms with E-state index in [0.717, 1.165) is 6.42 Å². The van der Waals surface area contributed by atoms with Crippen molar-refractivity contribution >= 4 is 11.6 Å². The van der Waals surface area contributed by atoms with Crippen LogP contribution in [0.5, 0.6) is 0 Å². The number of hydrogen-bond donors (Lipinski definition) is 2. The van der Waals surface area contributed by atoms with Gasteiger partial charge in [0.05, 0.1) is 0 Å². The lowest BCUT2D eigenvalue weighted by Crippen LogP contribution is -2.49. The van der Waals surface area contributed by atoms with Crippen LogP contribution in [0.15, 0.2) is 24.3 Å². The van der Waals surface area contributed by atoms with Crippen molar-refractivity contribution < 1.29 is 9.18 Å². The number of amides is 1. The molecule has 0 bridgehead atoms. The second kappa shape index (κ2) is 4.26. The second-order valence-electron chi connectivity index (χ2n) is 5.92. The van der Waals surface area contributed by atoms with Crippen LogP contribution in [0.1, 0.15) is 33.1 Å². The molecule has 1 unspecified atom stereocenters. The first-order valence-corrected chi connectivity index (χ1v) is 6.17. The topological polar surface area (TPSA) is 55.1 Å². The molecule has 1 amide bonds. The van der Waals surface area contributed by atoms with Gasteiger partial charge in [-0.25, -0.2) is 4.39 Å². The van der Waals surface area contributed by atoms with E-state index in [4.69, 9.17) is 5.73 Å². The quantitative estimate of drug-likeness (QED) is 0.866. The fourth-order valence-corrected chi connectivity index (χ4v) is 2.77. The highest BCUT2D eigenvalue weighted by molar-refractivity contribution is 5.88. The van der Waals surface area contributed by atoms with Crippen molar-refractivity contribution in [3.05, 3.63) is 30.1 Å². The molecule has 1 aromatic carbocycles. The van der Waals surface area contributed by atoms with E-state index in [9.17, 15) is 9.18 Å². The number of primary amides is 1. The first-order chi connectivity index (χ1) is 8.33. The minimum Gasteiger partial charge on any atom is -0.371 e. The Morgan fingerprint density at radius 3 is 2.61 bits per heavy atom. The highest BCUT2D eigenvalue weighted by Gasteiger charge is 2.47. The van der Waals surface area contributed by atoms with E-state index in [1.54, 1.807) is 12.1 Å². The first-order valence-electron chi connectivity index (χ1n) is 6.17. The van der Waals surface area contributed by atoms with Gasteiger partial charge < -0.3 is 11.1 Å². The van der Waals surface area contributed by atoms with Crippen LogP contribution in [0.2, 0.25) is 0 Å². The average molecular weight is 250 g/mol. The maximum atomic E-state index is 13.2. The van der Waals surface area contributed by atoms with E-state index >= 15 is 0 Å². The fourth-order valence-electron chi connectivity index (χ4n) is 2.77. The summed E-state index contributed by atoms with van der Waals surface area (Å²) in [7, 11) is 0. The number of halogens is 1. The Hall–Kier alpha value is -1.58. The molecule has 1 aromatic rings. The van der Waals surface area contributed by atoms with Crippen LogP contribution >= 0.6 is 0 Å². The van der Waals surface area contributed by atoms with Crippen molar-refractivity contribution in [2.45, 2.75) is 38.6 Å². The zero-order valence-corrected chi connectivity index (χ0v) is 10.8. The van der Waals surface area contributed by atoms with Gasteiger partial charge in [-0.05, 0) is 42.9 Å². The van der Waals surface area contributed by atoms with Crippen LogP contribution in [-0.4, -0.2) is 11.4 Å². The number of carbonyl (C=O) groups excluding carboxylic acids is 1. The van der Waals surface area contributed by atoms with Gasteiger partial charge in [0.15, 0.2) is 0 Å². The summed E-state index contributed by atoms with van der Waals surface area (Å²) in [6.45, 7) is 4.23. The molecule has 1 aliphatic rings. The molecular formula is C14H19FN2O. The van der Waals surface area contributed by atoms with Gasteiger partial charge in [-0.15, -0.1) is 0 Å². The number of hydrogen-bond acceptors (Lipinski definition) is 2. The van der Waals surface area contributed by atoms with E-state index in [-0.39, 0.29) is 17.1 Å². The minimum absolute atomic E-state index is 0.0787. The molecule has 1 atom stereocenters. The number of rotatable bonds is 3. The summed E-state index contributed by atoms with van der Waals surface area (Å²) in [5.74, 6) is -0.686. The van der Waals surface area contributed by atoms with E-state index < -0.39 is 5.54 Å². The SMILES string of the molecule is CC1(C)CCC(Nc2cccc(F)c2)(C(N)=O)C1. The van der Waals surface area contributed by atoms with Crippen molar-refractivity contribution in [3.8, 4) is 0 Å². The Balaban J connectivity index is 2.26. The Bertz CT molecular complexity index is 473. The van der Waals surface area contributed by atoms with E-state index in [0.29, 0.717) is 18.5 Å². The monoisotopic (exact) mass is 250 g/mol. The van der Waals surface area contributed by atoms with Crippen LogP contribution in [0, 0.1) is 11.2 Å². The number of anilines is 1. The Morgan fingerprint density at radius 1 is 1.39 bits per heavy atom. The maximum Gasteiger partial charge on any atom is 0.243 e. The Morgan fingerprint density at radius 2 is 2.11 bits per heavy atom. The van der Waals surface area contributed by atoms with E-state index in [2.05, 4.69) is 19.2 Å². The summed E-state index contributed by atoms with van der Waals surface area (Å²) < 4.78 is 13.2. The molecule has 0 aromatic heterocycles. The number of nitrogens with two attached hydrogens (primary N) is 1. The van der Waals surface area contributed by atoms with Gasteiger partial charge in [-0.3, -0.25) is 4.79 Å². The molecule has 1 fully saturated rings. The standard InChI is InChI=1S/C14H19FN2O/c1-13(2)6-7-14(9-13,12(16)18)17-11-5-3-4-10(15)8-11/h3-5,8,17H,6-7,9H2,1-2H3,(H2,16,18). The minimum atomic E-state index is -0.753. The van der Waals surface area contributed by atoms with E-state index in [1.165, 1.54) is 12.1 Å². The van der Waals surface area contributed by atoms with Crippen LogP contribution < -0.4 is 11.1 Å². The largest absolute Gasteiger partial charge is 0.371 e. The lowest BCUT2D eigenvalue weighted by atomic mass is 9.87. The molecule has 0 radical (unpaired) electrons. The third-order valence-corrected chi connectivity index (χ3v) is 3.69. The predicted octanol–water partition coefficient (Wildman–Crippen LogP) is 2.67. The van der Waals surface area contributed by atoms with Crippen molar-refractivity contribution in [2.24, 2.45) is 11.1 Å². The summed E-state index contributed by atoms with van der Waals surface area (Å²) >= 11 is 0. The highest BCUT2D eigenvalue weighted by atomic mass is 19.1. The normalized spacial score (nSPS) is 25.9. The second-order valence-corrected chi connectivity index (χ2v) is 5.92. The van der Waals surface area contributed by atoms with Gasteiger partial charge in [0, 0.05) is 5.69 Å². The van der Waals surface area contributed by atoms with Crippen LogP contribution in [0.3, 0.4) is 0 Å². The van der Waals surface area contributed by atoms with Crippen molar-refractivity contribution in [2.75, 3.05) is 5.32 Å². The van der Waals surface area contributed by atoms with Gasteiger partial charge in [-0.1, -0.05) is 19.9 Å². The van der Waals surface area contributed by atoms with Crippen LogP contribution in [0.25, 0.3) is 0 Å². The van der Waals surface area contributed by atoms with Crippen LogP contribution in [0.4, 0.5) is 10.1 Å². The lowest BCUT2D eigenvalue weighted by Gasteiger charge is -2.30.